The summed E-state index contributed by atoms with van der Waals surface area (Å²) in [4.78, 5) is 19.2. The quantitative estimate of drug-likeness (QED) is 0.776. The molecule has 2 aromatic rings. The van der Waals surface area contributed by atoms with Crippen molar-refractivity contribution in [1.29, 1.82) is 0 Å². The van der Waals surface area contributed by atoms with Crippen LogP contribution in [0.4, 0.5) is 0 Å². The molecule has 136 valence electrons. The zero-order valence-electron chi connectivity index (χ0n) is 15.3. The van der Waals surface area contributed by atoms with Gasteiger partial charge in [0.25, 0.3) is 5.91 Å². The maximum atomic E-state index is 13.0. The van der Waals surface area contributed by atoms with E-state index < -0.39 is 6.10 Å². The lowest BCUT2D eigenvalue weighted by atomic mass is 10.0. The van der Waals surface area contributed by atoms with Crippen molar-refractivity contribution in [3.63, 3.8) is 0 Å². The number of ether oxygens (including phenoxy) is 1. The number of nitrogens with zero attached hydrogens (tertiary/aromatic N) is 2. The van der Waals surface area contributed by atoms with E-state index in [0.29, 0.717) is 29.9 Å². The molecule has 0 saturated carbocycles. The number of amides is 1. The minimum Gasteiger partial charge on any atom is -0.481 e. The molecule has 1 aliphatic heterocycles. The maximum absolute atomic E-state index is 13.0. The van der Waals surface area contributed by atoms with Gasteiger partial charge in [-0.1, -0.05) is 55.8 Å². The van der Waals surface area contributed by atoms with Gasteiger partial charge in [-0.15, -0.1) is 0 Å². The molecule has 1 atom stereocenters. The Morgan fingerprint density at radius 3 is 2.65 bits per heavy atom. The Hall–Kier alpha value is -2.33. The summed E-state index contributed by atoms with van der Waals surface area (Å²) in [7, 11) is 0. The second-order valence-electron chi connectivity index (χ2n) is 6.66. The molecule has 3 rings (SSSR count). The Kier molecular flexibility index (Phi) is 5.62. The van der Waals surface area contributed by atoms with Gasteiger partial charge in [-0.2, -0.15) is 0 Å². The third-order valence-corrected chi connectivity index (χ3v) is 4.62. The van der Waals surface area contributed by atoms with E-state index in [1.165, 1.54) is 0 Å². The zero-order chi connectivity index (χ0) is 18.7. The Morgan fingerprint density at radius 2 is 1.92 bits per heavy atom. The summed E-state index contributed by atoms with van der Waals surface area (Å²) in [5.74, 6) is 1.64. The Morgan fingerprint density at radius 1 is 1.15 bits per heavy atom. The number of benzene rings is 2. The van der Waals surface area contributed by atoms with Crippen LogP contribution < -0.4 is 4.74 Å². The first kappa shape index (κ1) is 18.5. The van der Waals surface area contributed by atoms with Gasteiger partial charge in [0, 0.05) is 17.1 Å². The molecular weight excluding hydrogens is 348 g/mol. The average molecular weight is 371 g/mol. The standard InChI is InChI=1S/C21H23ClN2O2/c1-14(2)18-9-4-5-10-19(18)26-15(3)21(25)24-12-11-23-20(24)16-7-6-8-17(22)13-16/h4-10,13-15H,11-12H2,1-3H3. The fourth-order valence-corrected chi connectivity index (χ4v) is 3.25. The summed E-state index contributed by atoms with van der Waals surface area (Å²) in [5, 5.41) is 0.625. The van der Waals surface area contributed by atoms with Gasteiger partial charge in [-0.25, -0.2) is 0 Å². The highest BCUT2D eigenvalue weighted by atomic mass is 35.5. The Labute approximate surface area is 159 Å². The second kappa shape index (κ2) is 7.92. The molecular formula is C21H23ClN2O2. The van der Waals surface area contributed by atoms with Crippen molar-refractivity contribution in [2.45, 2.75) is 32.8 Å². The molecule has 2 aromatic carbocycles. The number of hydrogen-bond acceptors (Lipinski definition) is 3. The van der Waals surface area contributed by atoms with E-state index in [1.807, 2.05) is 42.5 Å². The van der Waals surface area contributed by atoms with E-state index >= 15 is 0 Å². The third-order valence-electron chi connectivity index (χ3n) is 4.38. The molecule has 0 fully saturated rings. The number of aliphatic imine (C=N–C) groups is 1. The van der Waals surface area contributed by atoms with Crippen LogP contribution in [0.3, 0.4) is 0 Å². The number of halogens is 1. The zero-order valence-corrected chi connectivity index (χ0v) is 16.0. The summed E-state index contributed by atoms with van der Waals surface area (Å²) < 4.78 is 6.02. The van der Waals surface area contributed by atoms with E-state index in [9.17, 15) is 4.79 Å². The highest BCUT2D eigenvalue weighted by Gasteiger charge is 2.30. The normalized spacial score (nSPS) is 15.1. The molecule has 1 unspecified atom stereocenters. The predicted octanol–water partition coefficient (Wildman–Crippen LogP) is 4.52. The van der Waals surface area contributed by atoms with Gasteiger partial charge in [-0.05, 0) is 36.6 Å². The molecule has 1 heterocycles. The fourth-order valence-electron chi connectivity index (χ4n) is 3.06. The number of rotatable bonds is 5. The van der Waals surface area contributed by atoms with Gasteiger partial charge in [0.2, 0.25) is 0 Å². The number of amidine groups is 1. The lowest BCUT2D eigenvalue weighted by Crippen LogP contribution is -2.43. The number of para-hydroxylation sites is 1. The van der Waals surface area contributed by atoms with Crippen LogP contribution >= 0.6 is 11.6 Å². The SMILES string of the molecule is CC(Oc1ccccc1C(C)C)C(=O)N1CCN=C1c1cccc(Cl)c1. The molecule has 0 aromatic heterocycles. The first-order valence-electron chi connectivity index (χ1n) is 8.84. The van der Waals surface area contributed by atoms with Gasteiger partial charge in [0.1, 0.15) is 11.6 Å². The summed E-state index contributed by atoms with van der Waals surface area (Å²) in [6.07, 6.45) is -0.600. The van der Waals surface area contributed by atoms with Crippen LogP contribution in [0.15, 0.2) is 53.5 Å². The van der Waals surface area contributed by atoms with Crippen molar-refractivity contribution in [2.24, 2.45) is 4.99 Å². The van der Waals surface area contributed by atoms with E-state index in [0.717, 1.165) is 16.9 Å². The molecule has 0 N–H and O–H groups in total. The van der Waals surface area contributed by atoms with Crippen molar-refractivity contribution >= 4 is 23.3 Å². The van der Waals surface area contributed by atoms with Crippen LogP contribution in [0.1, 0.15) is 37.8 Å². The first-order chi connectivity index (χ1) is 12.5. The van der Waals surface area contributed by atoms with Crippen molar-refractivity contribution in [3.8, 4) is 5.75 Å². The van der Waals surface area contributed by atoms with Gasteiger partial charge in [-0.3, -0.25) is 14.7 Å². The fraction of sp³-hybridized carbons (Fsp3) is 0.333. The van der Waals surface area contributed by atoms with Crippen molar-refractivity contribution in [2.75, 3.05) is 13.1 Å². The van der Waals surface area contributed by atoms with Crippen molar-refractivity contribution in [1.82, 2.24) is 4.90 Å². The van der Waals surface area contributed by atoms with Gasteiger partial charge < -0.3 is 4.74 Å². The van der Waals surface area contributed by atoms with Gasteiger partial charge in [0.15, 0.2) is 6.10 Å². The van der Waals surface area contributed by atoms with Gasteiger partial charge in [0.05, 0.1) is 6.54 Å². The summed E-state index contributed by atoms with van der Waals surface area (Å²) in [6, 6.07) is 15.3. The van der Waals surface area contributed by atoms with E-state index in [4.69, 9.17) is 16.3 Å². The molecule has 26 heavy (non-hydrogen) atoms. The summed E-state index contributed by atoms with van der Waals surface area (Å²) in [5.41, 5.74) is 1.94. The highest BCUT2D eigenvalue weighted by Crippen LogP contribution is 2.27. The summed E-state index contributed by atoms with van der Waals surface area (Å²) >= 11 is 6.08. The van der Waals surface area contributed by atoms with Crippen LogP contribution in [0, 0.1) is 0 Å². The first-order valence-corrected chi connectivity index (χ1v) is 9.22. The van der Waals surface area contributed by atoms with E-state index in [2.05, 4.69) is 18.8 Å². The molecule has 0 saturated heterocycles. The molecule has 0 aliphatic carbocycles. The second-order valence-corrected chi connectivity index (χ2v) is 7.09. The van der Waals surface area contributed by atoms with E-state index in [-0.39, 0.29) is 5.91 Å². The molecule has 4 nitrogen and oxygen atoms in total. The lowest BCUT2D eigenvalue weighted by Gasteiger charge is -2.24. The Balaban J connectivity index is 1.78. The number of carbonyl (C=O) groups excluding carboxylic acids is 1. The van der Waals surface area contributed by atoms with E-state index in [1.54, 1.807) is 17.9 Å². The molecule has 0 bridgehead atoms. The maximum Gasteiger partial charge on any atom is 0.268 e. The smallest absolute Gasteiger partial charge is 0.268 e. The Bertz CT molecular complexity index is 832. The number of hydrogen-bond donors (Lipinski definition) is 0. The van der Waals surface area contributed by atoms with Crippen molar-refractivity contribution < 1.29 is 9.53 Å². The predicted molar refractivity (Wildman–Crippen MR) is 105 cm³/mol. The van der Waals surface area contributed by atoms with Crippen molar-refractivity contribution in [3.05, 3.63) is 64.7 Å². The van der Waals surface area contributed by atoms with Crippen LogP contribution in [-0.2, 0) is 4.79 Å². The van der Waals surface area contributed by atoms with Crippen LogP contribution in [-0.4, -0.2) is 35.8 Å². The average Bonchev–Trinajstić information content (AvgIpc) is 3.11. The minimum absolute atomic E-state index is 0.0974. The lowest BCUT2D eigenvalue weighted by molar-refractivity contribution is -0.133. The molecule has 0 radical (unpaired) electrons. The molecule has 5 heteroatoms. The van der Waals surface area contributed by atoms with Crippen LogP contribution in [0.5, 0.6) is 5.75 Å². The summed E-state index contributed by atoms with van der Waals surface area (Å²) in [6.45, 7) is 7.15. The topological polar surface area (TPSA) is 41.9 Å². The molecule has 1 aliphatic rings. The third kappa shape index (κ3) is 3.91. The van der Waals surface area contributed by atoms with Gasteiger partial charge >= 0.3 is 0 Å². The minimum atomic E-state index is -0.600. The highest BCUT2D eigenvalue weighted by molar-refractivity contribution is 6.31. The largest absolute Gasteiger partial charge is 0.481 e. The monoisotopic (exact) mass is 370 g/mol. The number of carbonyl (C=O) groups is 1. The van der Waals surface area contributed by atoms with Crippen LogP contribution in [0.25, 0.3) is 0 Å². The van der Waals surface area contributed by atoms with Crippen LogP contribution in [0.2, 0.25) is 5.02 Å². The molecule has 1 amide bonds. The molecule has 0 spiro atoms.